The van der Waals surface area contributed by atoms with Gasteiger partial charge in [0.1, 0.15) is 17.8 Å². The van der Waals surface area contributed by atoms with Crippen molar-refractivity contribution in [1.82, 2.24) is 20.3 Å². The van der Waals surface area contributed by atoms with Gasteiger partial charge in [-0.05, 0) is 24.9 Å². The smallest absolute Gasteiger partial charge is 0.142 e. The standard InChI is InChI=1S/C14H19N5/c1-3-10-4-6-15-8-12(10)19(2)14-11-5-7-16-13(11)17-9-18-14/h3,5,7,9-10,12,15H,1,4,6,8H2,2H3,(H,16,17,18)/t10-,12+/m1/s1. The second-order valence-corrected chi connectivity index (χ2v) is 5.01. The summed E-state index contributed by atoms with van der Waals surface area (Å²) in [6, 6.07) is 2.42. The van der Waals surface area contributed by atoms with Gasteiger partial charge in [0, 0.05) is 25.8 Å². The summed E-state index contributed by atoms with van der Waals surface area (Å²) in [5.41, 5.74) is 0.885. The lowest BCUT2D eigenvalue weighted by Gasteiger charge is -2.37. The Labute approximate surface area is 112 Å². The zero-order chi connectivity index (χ0) is 13.2. The van der Waals surface area contributed by atoms with E-state index >= 15 is 0 Å². The van der Waals surface area contributed by atoms with E-state index in [0.717, 1.165) is 36.4 Å². The fraction of sp³-hybridized carbons (Fsp3) is 0.429. The molecule has 0 unspecified atom stereocenters. The Bertz CT molecular complexity index is 576. The van der Waals surface area contributed by atoms with E-state index in [2.05, 4.69) is 44.9 Å². The van der Waals surface area contributed by atoms with Crippen molar-refractivity contribution in [3.05, 3.63) is 31.2 Å². The van der Waals surface area contributed by atoms with Gasteiger partial charge in [0.05, 0.1) is 5.39 Å². The van der Waals surface area contributed by atoms with Crippen LogP contribution in [0.1, 0.15) is 6.42 Å². The van der Waals surface area contributed by atoms with E-state index < -0.39 is 0 Å². The van der Waals surface area contributed by atoms with Crippen molar-refractivity contribution in [2.75, 3.05) is 25.0 Å². The van der Waals surface area contributed by atoms with E-state index in [0.29, 0.717) is 12.0 Å². The number of fused-ring (bicyclic) bond motifs is 1. The molecular weight excluding hydrogens is 238 g/mol. The first-order chi connectivity index (χ1) is 9.31. The maximum absolute atomic E-state index is 4.46. The average Bonchev–Trinajstić information content (AvgIpc) is 2.94. The monoisotopic (exact) mass is 257 g/mol. The fourth-order valence-electron chi connectivity index (χ4n) is 2.86. The minimum Gasteiger partial charge on any atom is -0.354 e. The van der Waals surface area contributed by atoms with Gasteiger partial charge in [-0.1, -0.05) is 6.08 Å². The molecule has 1 fully saturated rings. The van der Waals surface area contributed by atoms with E-state index in [1.807, 2.05) is 12.3 Å². The van der Waals surface area contributed by atoms with Crippen molar-refractivity contribution in [3.8, 4) is 0 Å². The largest absolute Gasteiger partial charge is 0.354 e. The van der Waals surface area contributed by atoms with E-state index in [9.17, 15) is 0 Å². The van der Waals surface area contributed by atoms with Gasteiger partial charge in [0.2, 0.25) is 0 Å². The number of H-pyrrole nitrogens is 1. The van der Waals surface area contributed by atoms with Crippen molar-refractivity contribution in [3.63, 3.8) is 0 Å². The van der Waals surface area contributed by atoms with Crippen LogP contribution in [-0.2, 0) is 0 Å². The van der Waals surface area contributed by atoms with Crippen molar-refractivity contribution < 1.29 is 0 Å². The summed E-state index contributed by atoms with van der Waals surface area (Å²) in [6.45, 7) is 5.99. The Balaban J connectivity index is 1.96. The van der Waals surface area contributed by atoms with E-state index in [-0.39, 0.29) is 0 Å². The number of nitrogens with zero attached hydrogens (tertiary/aromatic N) is 3. The Hall–Kier alpha value is -1.88. The van der Waals surface area contributed by atoms with Gasteiger partial charge in [-0.2, -0.15) is 0 Å². The Morgan fingerprint density at radius 1 is 1.47 bits per heavy atom. The van der Waals surface area contributed by atoms with Crippen LogP contribution in [0.25, 0.3) is 11.0 Å². The van der Waals surface area contributed by atoms with Crippen LogP contribution in [0.15, 0.2) is 31.2 Å². The molecule has 3 rings (SSSR count). The van der Waals surface area contributed by atoms with Crippen LogP contribution in [0.3, 0.4) is 0 Å². The van der Waals surface area contributed by atoms with Gasteiger partial charge < -0.3 is 15.2 Å². The Morgan fingerprint density at radius 3 is 3.21 bits per heavy atom. The molecule has 5 nitrogen and oxygen atoms in total. The lowest BCUT2D eigenvalue weighted by Crippen LogP contribution is -2.49. The molecule has 1 aliphatic rings. The number of hydrogen-bond acceptors (Lipinski definition) is 4. The first kappa shape index (κ1) is 12.2. The quantitative estimate of drug-likeness (QED) is 0.819. The molecule has 0 aromatic carbocycles. The van der Waals surface area contributed by atoms with Crippen LogP contribution >= 0.6 is 0 Å². The van der Waals surface area contributed by atoms with Crippen LogP contribution in [0, 0.1) is 5.92 Å². The summed E-state index contributed by atoms with van der Waals surface area (Å²) in [5, 5.41) is 4.52. The molecule has 0 amide bonds. The zero-order valence-electron chi connectivity index (χ0n) is 11.1. The average molecular weight is 257 g/mol. The zero-order valence-corrected chi connectivity index (χ0v) is 11.1. The molecule has 2 aromatic rings. The maximum Gasteiger partial charge on any atom is 0.142 e. The fourth-order valence-corrected chi connectivity index (χ4v) is 2.86. The maximum atomic E-state index is 4.46. The molecule has 2 atom stereocenters. The number of anilines is 1. The number of rotatable bonds is 3. The Morgan fingerprint density at radius 2 is 2.37 bits per heavy atom. The molecule has 2 N–H and O–H groups in total. The van der Waals surface area contributed by atoms with Crippen LogP contribution < -0.4 is 10.2 Å². The van der Waals surface area contributed by atoms with Gasteiger partial charge in [-0.3, -0.25) is 0 Å². The number of nitrogens with one attached hydrogen (secondary N) is 2. The molecule has 0 spiro atoms. The van der Waals surface area contributed by atoms with Gasteiger partial charge >= 0.3 is 0 Å². The number of likely N-dealkylation sites (N-methyl/N-ethyl adjacent to an activating group) is 1. The molecule has 0 saturated carbocycles. The summed E-state index contributed by atoms with van der Waals surface area (Å²) in [5.74, 6) is 1.47. The molecular formula is C14H19N5. The predicted octanol–water partition coefficient (Wildman–Crippen LogP) is 1.56. The number of hydrogen-bond donors (Lipinski definition) is 2. The van der Waals surface area contributed by atoms with Crippen molar-refractivity contribution in [1.29, 1.82) is 0 Å². The molecule has 0 aliphatic carbocycles. The van der Waals surface area contributed by atoms with Crippen LogP contribution in [0.2, 0.25) is 0 Å². The highest BCUT2D eigenvalue weighted by Crippen LogP contribution is 2.27. The summed E-state index contributed by atoms with van der Waals surface area (Å²) in [6.07, 6.45) is 6.71. The first-order valence-electron chi connectivity index (χ1n) is 6.65. The summed E-state index contributed by atoms with van der Waals surface area (Å²) >= 11 is 0. The lowest BCUT2D eigenvalue weighted by molar-refractivity contribution is 0.368. The molecule has 2 aromatic heterocycles. The van der Waals surface area contributed by atoms with E-state index in [4.69, 9.17) is 0 Å². The van der Waals surface area contributed by atoms with Crippen LogP contribution in [0.4, 0.5) is 5.82 Å². The number of aromatic nitrogens is 3. The lowest BCUT2D eigenvalue weighted by atomic mass is 9.92. The van der Waals surface area contributed by atoms with Crippen molar-refractivity contribution in [2.24, 2.45) is 5.92 Å². The second-order valence-electron chi connectivity index (χ2n) is 5.01. The third kappa shape index (κ3) is 2.10. The van der Waals surface area contributed by atoms with E-state index in [1.54, 1.807) is 6.33 Å². The predicted molar refractivity (Wildman–Crippen MR) is 77.3 cm³/mol. The minimum absolute atomic E-state index is 0.388. The van der Waals surface area contributed by atoms with Gasteiger partial charge in [-0.25, -0.2) is 9.97 Å². The summed E-state index contributed by atoms with van der Waals surface area (Å²) in [4.78, 5) is 14.1. The first-order valence-corrected chi connectivity index (χ1v) is 6.65. The Kier molecular flexibility index (Phi) is 3.21. The highest BCUT2D eigenvalue weighted by atomic mass is 15.2. The molecule has 5 heteroatoms. The van der Waals surface area contributed by atoms with E-state index in [1.165, 1.54) is 0 Å². The van der Waals surface area contributed by atoms with Crippen molar-refractivity contribution >= 4 is 16.9 Å². The van der Waals surface area contributed by atoms with Crippen LogP contribution in [0.5, 0.6) is 0 Å². The highest BCUT2D eigenvalue weighted by molar-refractivity contribution is 5.87. The third-order valence-electron chi connectivity index (χ3n) is 3.97. The SMILES string of the molecule is C=C[C@@H]1CCNC[C@@H]1N(C)c1ncnc2[nH]ccc12. The normalized spacial score (nSPS) is 23.4. The second kappa shape index (κ2) is 5.01. The highest BCUT2D eigenvalue weighted by Gasteiger charge is 2.27. The minimum atomic E-state index is 0.388. The molecule has 1 aliphatic heterocycles. The van der Waals surface area contributed by atoms with Gasteiger partial charge in [0.15, 0.2) is 0 Å². The van der Waals surface area contributed by atoms with Crippen LogP contribution in [-0.4, -0.2) is 41.1 Å². The number of aromatic amines is 1. The molecule has 3 heterocycles. The molecule has 0 bridgehead atoms. The molecule has 0 radical (unpaired) electrons. The molecule has 1 saturated heterocycles. The van der Waals surface area contributed by atoms with Gasteiger partial charge in [-0.15, -0.1) is 6.58 Å². The topological polar surface area (TPSA) is 56.8 Å². The van der Waals surface area contributed by atoms with Crippen molar-refractivity contribution in [2.45, 2.75) is 12.5 Å². The molecule has 19 heavy (non-hydrogen) atoms. The van der Waals surface area contributed by atoms with Gasteiger partial charge in [0.25, 0.3) is 0 Å². The summed E-state index contributed by atoms with van der Waals surface area (Å²) < 4.78 is 0. The number of piperidine rings is 1. The molecule has 100 valence electrons. The summed E-state index contributed by atoms with van der Waals surface area (Å²) in [7, 11) is 2.10. The third-order valence-corrected chi connectivity index (χ3v) is 3.97.